The first-order valence-corrected chi connectivity index (χ1v) is 8.11. The Hall–Kier alpha value is -2.77. The number of methoxy groups -OCH3 is 1. The van der Waals surface area contributed by atoms with Crippen LogP contribution >= 0.6 is 23.2 Å². The third-order valence-corrected chi connectivity index (χ3v) is 4.15. The average molecular weight is 395 g/mol. The molecular formula is C17H12Cl2N2O5. The van der Waals surface area contributed by atoms with Gasteiger partial charge in [0.15, 0.2) is 0 Å². The number of hydrogen-bond donors (Lipinski definition) is 1. The summed E-state index contributed by atoms with van der Waals surface area (Å²) in [6.07, 6.45) is 1.46. The van der Waals surface area contributed by atoms with Crippen molar-refractivity contribution in [1.82, 2.24) is 10.2 Å². The van der Waals surface area contributed by atoms with Crippen LogP contribution in [-0.2, 0) is 16.1 Å². The van der Waals surface area contributed by atoms with Crippen LogP contribution in [0.1, 0.15) is 21.9 Å². The van der Waals surface area contributed by atoms with Crippen LogP contribution in [0.25, 0.3) is 6.08 Å². The van der Waals surface area contributed by atoms with E-state index in [4.69, 9.17) is 27.6 Å². The Labute approximate surface area is 158 Å². The minimum Gasteiger partial charge on any atom is -0.463 e. The fourth-order valence-corrected chi connectivity index (χ4v) is 2.78. The number of imide groups is 1. The molecule has 3 amide bonds. The summed E-state index contributed by atoms with van der Waals surface area (Å²) in [4.78, 5) is 36.9. The summed E-state index contributed by atoms with van der Waals surface area (Å²) in [5, 5.41) is 3.28. The predicted octanol–water partition coefficient (Wildman–Crippen LogP) is 3.47. The fraction of sp³-hybridized carbons (Fsp3) is 0.118. The number of amides is 3. The van der Waals surface area contributed by atoms with Crippen LogP contribution in [0.5, 0.6) is 0 Å². The van der Waals surface area contributed by atoms with Crippen molar-refractivity contribution in [3.05, 3.63) is 63.2 Å². The van der Waals surface area contributed by atoms with E-state index in [1.54, 1.807) is 12.1 Å². The summed E-state index contributed by atoms with van der Waals surface area (Å²) in [5.74, 6) is -0.943. The first kappa shape index (κ1) is 18.0. The first-order chi connectivity index (χ1) is 12.4. The van der Waals surface area contributed by atoms with Gasteiger partial charge in [0.05, 0.1) is 13.7 Å². The molecule has 1 N–H and O–H groups in total. The summed E-state index contributed by atoms with van der Waals surface area (Å²) in [6.45, 7) is -0.132. The van der Waals surface area contributed by atoms with Gasteiger partial charge in [-0.05, 0) is 35.9 Å². The van der Waals surface area contributed by atoms with Gasteiger partial charge in [0.2, 0.25) is 5.76 Å². The Kier molecular flexibility index (Phi) is 5.01. The standard InChI is InChI=1S/C17H12Cl2N2O5/c1-25-16(23)14-5-4-11(26-14)8-21-15(22)13(20-17(21)24)6-9-2-3-10(18)7-12(9)19/h2-7H,8H2,1H3,(H,20,24). The zero-order valence-corrected chi connectivity index (χ0v) is 14.9. The van der Waals surface area contributed by atoms with Crippen LogP contribution < -0.4 is 5.32 Å². The van der Waals surface area contributed by atoms with Crippen molar-refractivity contribution in [3.63, 3.8) is 0 Å². The lowest BCUT2D eigenvalue weighted by atomic mass is 10.2. The summed E-state index contributed by atoms with van der Waals surface area (Å²) in [7, 11) is 1.22. The summed E-state index contributed by atoms with van der Waals surface area (Å²) in [5.41, 5.74) is 0.603. The van der Waals surface area contributed by atoms with Gasteiger partial charge in [0.25, 0.3) is 5.91 Å². The SMILES string of the molecule is COC(=O)c1ccc(CN2C(=O)NC(=Cc3ccc(Cl)cc3Cl)C2=O)o1. The highest BCUT2D eigenvalue weighted by Crippen LogP contribution is 2.25. The Balaban J connectivity index is 1.79. The van der Waals surface area contributed by atoms with Crippen molar-refractivity contribution < 1.29 is 23.5 Å². The highest BCUT2D eigenvalue weighted by molar-refractivity contribution is 6.35. The minimum absolute atomic E-state index is 0.0155. The molecule has 0 radical (unpaired) electrons. The zero-order valence-electron chi connectivity index (χ0n) is 13.4. The molecule has 1 aromatic heterocycles. The van der Waals surface area contributed by atoms with Crippen LogP contribution in [0.15, 0.2) is 40.4 Å². The zero-order chi connectivity index (χ0) is 18.8. The van der Waals surface area contributed by atoms with Crippen LogP contribution in [0.4, 0.5) is 4.79 Å². The van der Waals surface area contributed by atoms with E-state index in [2.05, 4.69) is 10.1 Å². The Morgan fingerprint density at radius 1 is 1.27 bits per heavy atom. The number of rotatable bonds is 4. The van der Waals surface area contributed by atoms with E-state index in [-0.39, 0.29) is 23.8 Å². The number of carbonyl (C=O) groups excluding carboxylic acids is 3. The number of ether oxygens (including phenoxy) is 1. The molecule has 1 aromatic carbocycles. The van der Waals surface area contributed by atoms with Crippen molar-refractivity contribution in [2.75, 3.05) is 7.11 Å². The molecule has 0 saturated carbocycles. The second kappa shape index (κ2) is 7.23. The quantitative estimate of drug-likeness (QED) is 0.487. The molecule has 2 aromatic rings. The van der Waals surface area contributed by atoms with Gasteiger partial charge in [-0.25, -0.2) is 9.59 Å². The molecule has 1 saturated heterocycles. The smallest absolute Gasteiger partial charge is 0.373 e. The van der Waals surface area contributed by atoms with Crippen molar-refractivity contribution >= 4 is 47.2 Å². The molecule has 0 spiro atoms. The molecule has 1 fully saturated rings. The van der Waals surface area contributed by atoms with E-state index in [9.17, 15) is 14.4 Å². The largest absolute Gasteiger partial charge is 0.463 e. The Bertz CT molecular complexity index is 935. The second-order valence-corrected chi connectivity index (χ2v) is 6.15. The van der Waals surface area contributed by atoms with Crippen LogP contribution in [-0.4, -0.2) is 29.9 Å². The molecule has 1 aliphatic heterocycles. The van der Waals surface area contributed by atoms with Gasteiger partial charge >= 0.3 is 12.0 Å². The molecule has 134 valence electrons. The van der Waals surface area contributed by atoms with Crippen molar-refractivity contribution in [1.29, 1.82) is 0 Å². The highest BCUT2D eigenvalue weighted by Gasteiger charge is 2.34. The van der Waals surface area contributed by atoms with E-state index in [0.29, 0.717) is 15.6 Å². The molecule has 26 heavy (non-hydrogen) atoms. The first-order valence-electron chi connectivity index (χ1n) is 7.35. The van der Waals surface area contributed by atoms with Gasteiger partial charge in [-0.15, -0.1) is 0 Å². The highest BCUT2D eigenvalue weighted by atomic mass is 35.5. The van der Waals surface area contributed by atoms with Gasteiger partial charge < -0.3 is 14.5 Å². The third kappa shape index (κ3) is 3.58. The van der Waals surface area contributed by atoms with E-state index in [1.165, 1.54) is 31.4 Å². The number of urea groups is 1. The summed E-state index contributed by atoms with van der Waals surface area (Å²) in [6, 6.07) is 7.08. The summed E-state index contributed by atoms with van der Waals surface area (Å²) < 4.78 is 9.82. The lowest BCUT2D eigenvalue weighted by molar-refractivity contribution is -0.123. The molecule has 1 aliphatic rings. The van der Waals surface area contributed by atoms with Gasteiger partial charge in [-0.2, -0.15) is 0 Å². The van der Waals surface area contributed by atoms with E-state index >= 15 is 0 Å². The van der Waals surface area contributed by atoms with Crippen LogP contribution in [0.2, 0.25) is 10.0 Å². The third-order valence-electron chi connectivity index (χ3n) is 3.59. The van der Waals surface area contributed by atoms with Crippen molar-refractivity contribution in [2.45, 2.75) is 6.54 Å². The number of esters is 1. The maximum Gasteiger partial charge on any atom is 0.373 e. The van der Waals surface area contributed by atoms with Crippen molar-refractivity contribution in [2.24, 2.45) is 0 Å². The molecule has 7 nitrogen and oxygen atoms in total. The van der Waals surface area contributed by atoms with Crippen LogP contribution in [0, 0.1) is 0 Å². The van der Waals surface area contributed by atoms with Gasteiger partial charge in [-0.3, -0.25) is 9.69 Å². The molecule has 2 heterocycles. The maximum atomic E-state index is 12.5. The van der Waals surface area contributed by atoms with Crippen molar-refractivity contribution in [3.8, 4) is 0 Å². The van der Waals surface area contributed by atoms with Gasteiger partial charge in [0, 0.05) is 10.0 Å². The number of carbonyl (C=O) groups is 3. The lowest BCUT2D eigenvalue weighted by Gasteiger charge is -2.09. The normalized spacial score (nSPS) is 15.5. The molecule has 9 heteroatoms. The maximum absolute atomic E-state index is 12.5. The molecular weight excluding hydrogens is 383 g/mol. The van der Waals surface area contributed by atoms with E-state index < -0.39 is 17.9 Å². The number of nitrogens with zero attached hydrogens (tertiary/aromatic N) is 1. The minimum atomic E-state index is -0.647. The van der Waals surface area contributed by atoms with E-state index in [1.807, 2.05) is 0 Å². The molecule has 0 aliphatic carbocycles. The van der Waals surface area contributed by atoms with Crippen LogP contribution in [0.3, 0.4) is 0 Å². The number of halogens is 2. The molecule has 0 unspecified atom stereocenters. The number of furan rings is 1. The lowest BCUT2D eigenvalue weighted by Crippen LogP contribution is -2.30. The molecule has 0 bridgehead atoms. The molecule has 3 rings (SSSR count). The Morgan fingerprint density at radius 2 is 2.04 bits per heavy atom. The van der Waals surface area contributed by atoms with Gasteiger partial charge in [0.1, 0.15) is 11.5 Å². The average Bonchev–Trinajstić information content (AvgIpc) is 3.17. The van der Waals surface area contributed by atoms with E-state index in [0.717, 1.165) is 4.90 Å². The Morgan fingerprint density at radius 3 is 2.73 bits per heavy atom. The summed E-state index contributed by atoms with van der Waals surface area (Å²) >= 11 is 11.9. The number of hydrogen-bond acceptors (Lipinski definition) is 5. The number of benzene rings is 1. The molecule has 0 atom stereocenters. The number of nitrogens with one attached hydrogen (secondary N) is 1. The second-order valence-electron chi connectivity index (χ2n) is 5.30. The van der Waals surface area contributed by atoms with Gasteiger partial charge in [-0.1, -0.05) is 29.3 Å². The predicted molar refractivity (Wildman–Crippen MR) is 93.6 cm³/mol. The monoisotopic (exact) mass is 394 g/mol. The topological polar surface area (TPSA) is 88.9 Å². The fourth-order valence-electron chi connectivity index (χ4n) is 2.32.